The van der Waals surface area contributed by atoms with Gasteiger partial charge < -0.3 is 10.0 Å². The number of aliphatic carboxylic acids is 1. The van der Waals surface area contributed by atoms with Crippen LogP contribution in [0.4, 0.5) is 0 Å². The molecule has 4 nitrogen and oxygen atoms in total. The number of carboxylic acid groups (broad SMARTS) is 1. The lowest BCUT2D eigenvalue weighted by Gasteiger charge is -2.38. The summed E-state index contributed by atoms with van der Waals surface area (Å²) < 4.78 is 0. The third kappa shape index (κ3) is 4.43. The second kappa shape index (κ2) is 7.25. The lowest BCUT2D eigenvalue weighted by molar-refractivity contribution is -0.144. The minimum Gasteiger partial charge on any atom is -0.480 e. The van der Waals surface area contributed by atoms with E-state index in [1.54, 1.807) is 12.1 Å². The molecule has 2 rings (SSSR count). The van der Waals surface area contributed by atoms with Gasteiger partial charge in [-0.1, -0.05) is 37.6 Å². The summed E-state index contributed by atoms with van der Waals surface area (Å²) in [5.41, 5.74) is 0.757. The van der Waals surface area contributed by atoms with Crippen molar-refractivity contribution in [2.24, 2.45) is 5.92 Å². The standard InChI is InChI=1S/C16H23ClN2O2/c1-12(2)11-18-6-8-19(9-7-18)15(16(20)21)13-4-3-5-14(17)10-13/h3-5,10,12,15H,6-9,11H2,1-2H3,(H,20,21). The molecule has 0 amide bonds. The van der Waals surface area contributed by atoms with E-state index in [9.17, 15) is 9.90 Å². The summed E-state index contributed by atoms with van der Waals surface area (Å²) in [5.74, 6) is -0.172. The molecule has 1 N–H and O–H groups in total. The molecule has 1 unspecified atom stereocenters. The van der Waals surface area contributed by atoms with E-state index < -0.39 is 12.0 Å². The highest BCUT2D eigenvalue weighted by atomic mass is 35.5. The first-order valence-electron chi connectivity index (χ1n) is 7.42. The van der Waals surface area contributed by atoms with E-state index in [2.05, 4.69) is 18.7 Å². The van der Waals surface area contributed by atoms with Crippen molar-refractivity contribution in [1.29, 1.82) is 0 Å². The summed E-state index contributed by atoms with van der Waals surface area (Å²) in [4.78, 5) is 16.1. The Kier molecular flexibility index (Phi) is 5.62. The summed E-state index contributed by atoms with van der Waals surface area (Å²) in [6.45, 7) is 8.87. The molecule has 0 aromatic heterocycles. The molecule has 5 heteroatoms. The molecule has 1 atom stereocenters. The fraction of sp³-hybridized carbons (Fsp3) is 0.562. The van der Waals surface area contributed by atoms with Gasteiger partial charge in [-0.05, 0) is 23.6 Å². The molecule has 1 aromatic rings. The molecular weight excluding hydrogens is 288 g/mol. The number of carbonyl (C=O) groups is 1. The van der Waals surface area contributed by atoms with Crippen molar-refractivity contribution < 1.29 is 9.90 Å². The van der Waals surface area contributed by atoms with Gasteiger partial charge in [-0.3, -0.25) is 9.69 Å². The Morgan fingerprint density at radius 1 is 1.29 bits per heavy atom. The third-order valence-electron chi connectivity index (χ3n) is 3.79. The minimum absolute atomic E-state index is 0.581. The molecule has 0 bridgehead atoms. The summed E-state index contributed by atoms with van der Waals surface area (Å²) in [7, 11) is 0. The van der Waals surface area contributed by atoms with Crippen molar-refractivity contribution in [1.82, 2.24) is 9.80 Å². The molecule has 1 aromatic carbocycles. The first-order valence-corrected chi connectivity index (χ1v) is 7.80. The molecule has 0 saturated carbocycles. The highest BCUT2D eigenvalue weighted by Crippen LogP contribution is 2.25. The van der Waals surface area contributed by atoms with E-state index in [0.29, 0.717) is 10.9 Å². The number of halogens is 1. The summed E-state index contributed by atoms with van der Waals surface area (Å²) in [6, 6.07) is 6.56. The Bertz CT molecular complexity index is 485. The van der Waals surface area contributed by atoms with Gasteiger partial charge in [-0.15, -0.1) is 0 Å². The second-order valence-electron chi connectivity index (χ2n) is 6.03. The molecule has 0 spiro atoms. The second-order valence-corrected chi connectivity index (χ2v) is 6.46. The van der Waals surface area contributed by atoms with Crippen molar-refractivity contribution in [3.8, 4) is 0 Å². The van der Waals surface area contributed by atoms with Crippen LogP contribution in [0.15, 0.2) is 24.3 Å². The molecule has 0 radical (unpaired) electrons. The number of hydrogen-bond donors (Lipinski definition) is 1. The number of hydrogen-bond acceptors (Lipinski definition) is 3. The van der Waals surface area contributed by atoms with Crippen LogP contribution in [0.5, 0.6) is 0 Å². The lowest BCUT2D eigenvalue weighted by atomic mass is 10.0. The Balaban J connectivity index is 2.06. The quantitative estimate of drug-likeness (QED) is 0.908. The molecule has 1 aliphatic rings. The van der Waals surface area contributed by atoms with Gasteiger partial charge in [-0.2, -0.15) is 0 Å². The molecule has 116 valence electrons. The van der Waals surface area contributed by atoms with Crippen LogP contribution in [0.3, 0.4) is 0 Å². The SMILES string of the molecule is CC(C)CN1CCN(C(C(=O)O)c2cccc(Cl)c2)CC1. The van der Waals surface area contributed by atoms with Crippen LogP contribution in [-0.2, 0) is 4.79 Å². The van der Waals surface area contributed by atoms with Gasteiger partial charge >= 0.3 is 5.97 Å². The van der Waals surface area contributed by atoms with Crippen LogP contribution in [0.1, 0.15) is 25.5 Å². The van der Waals surface area contributed by atoms with Crippen molar-refractivity contribution in [3.05, 3.63) is 34.9 Å². The Labute approximate surface area is 131 Å². The Hall–Kier alpha value is -1.10. The average Bonchev–Trinajstić information content (AvgIpc) is 2.40. The number of benzene rings is 1. The van der Waals surface area contributed by atoms with Crippen LogP contribution < -0.4 is 0 Å². The molecule has 1 aliphatic heterocycles. The normalized spacial score (nSPS) is 18.9. The molecule has 1 fully saturated rings. The van der Waals surface area contributed by atoms with Gasteiger partial charge in [0, 0.05) is 37.7 Å². The minimum atomic E-state index is -0.811. The fourth-order valence-electron chi connectivity index (χ4n) is 2.91. The van der Waals surface area contributed by atoms with Gasteiger partial charge in [0.25, 0.3) is 0 Å². The number of piperazine rings is 1. The molecule has 0 aliphatic carbocycles. The smallest absolute Gasteiger partial charge is 0.325 e. The largest absolute Gasteiger partial charge is 0.480 e. The topological polar surface area (TPSA) is 43.8 Å². The number of nitrogens with zero attached hydrogens (tertiary/aromatic N) is 2. The van der Waals surface area contributed by atoms with Crippen LogP contribution in [0.25, 0.3) is 0 Å². The van der Waals surface area contributed by atoms with Crippen molar-refractivity contribution in [2.75, 3.05) is 32.7 Å². The maximum Gasteiger partial charge on any atom is 0.325 e. The molecule has 1 heterocycles. The average molecular weight is 311 g/mol. The van der Waals surface area contributed by atoms with E-state index in [1.807, 2.05) is 17.0 Å². The van der Waals surface area contributed by atoms with Crippen molar-refractivity contribution >= 4 is 17.6 Å². The zero-order valence-corrected chi connectivity index (χ0v) is 13.4. The van der Waals surface area contributed by atoms with Crippen LogP contribution >= 0.6 is 11.6 Å². The van der Waals surface area contributed by atoms with Gasteiger partial charge in [0.15, 0.2) is 0 Å². The summed E-state index contributed by atoms with van der Waals surface area (Å²) in [5, 5.41) is 10.2. The maximum absolute atomic E-state index is 11.7. The maximum atomic E-state index is 11.7. The highest BCUT2D eigenvalue weighted by molar-refractivity contribution is 6.30. The van der Waals surface area contributed by atoms with E-state index in [4.69, 9.17) is 11.6 Å². The highest BCUT2D eigenvalue weighted by Gasteiger charge is 2.30. The Morgan fingerprint density at radius 2 is 1.95 bits per heavy atom. The van der Waals surface area contributed by atoms with Crippen LogP contribution in [-0.4, -0.2) is 53.6 Å². The summed E-state index contributed by atoms with van der Waals surface area (Å²) >= 11 is 5.99. The van der Waals surface area contributed by atoms with Gasteiger partial charge in [0.2, 0.25) is 0 Å². The van der Waals surface area contributed by atoms with E-state index in [1.165, 1.54) is 0 Å². The Morgan fingerprint density at radius 3 is 2.48 bits per heavy atom. The van der Waals surface area contributed by atoms with Crippen molar-refractivity contribution in [3.63, 3.8) is 0 Å². The van der Waals surface area contributed by atoms with E-state index in [-0.39, 0.29) is 0 Å². The van der Waals surface area contributed by atoms with Crippen molar-refractivity contribution in [2.45, 2.75) is 19.9 Å². The van der Waals surface area contributed by atoms with Crippen LogP contribution in [0, 0.1) is 5.92 Å². The number of rotatable bonds is 5. The first kappa shape index (κ1) is 16.3. The predicted octanol–water partition coefficient (Wildman–Crippen LogP) is 2.74. The lowest BCUT2D eigenvalue weighted by Crippen LogP contribution is -2.49. The van der Waals surface area contributed by atoms with E-state index in [0.717, 1.165) is 38.3 Å². The van der Waals surface area contributed by atoms with Crippen LogP contribution in [0.2, 0.25) is 5.02 Å². The van der Waals surface area contributed by atoms with Gasteiger partial charge in [0.05, 0.1) is 0 Å². The van der Waals surface area contributed by atoms with Gasteiger partial charge in [0.1, 0.15) is 6.04 Å². The fourth-order valence-corrected chi connectivity index (χ4v) is 3.11. The zero-order valence-electron chi connectivity index (χ0n) is 12.6. The van der Waals surface area contributed by atoms with E-state index >= 15 is 0 Å². The molecule has 1 saturated heterocycles. The first-order chi connectivity index (χ1) is 9.97. The van der Waals surface area contributed by atoms with Gasteiger partial charge in [-0.25, -0.2) is 0 Å². The zero-order chi connectivity index (χ0) is 15.4. The predicted molar refractivity (Wildman–Crippen MR) is 84.7 cm³/mol. The molecular formula is C16H23ClN2O2. The molecule has 21 heavy (non-hydrogen) atoms. The monoisotopic (exact) mass is 310 g/mol. The summed E-state index contributed by atoms with van der Waals surface area (Å²) in [6.07, 6.45) is 0. The number of carboxylic acids is 1. The third-order valence-corrected chi connectivity index (χ3v) is 4.03.